The zero-order valence-corrected chi connectivity index (χ0v) is 15.6. The Balaban J connectivity index is 1.22. The SMILES string of the molecule is CC1NNC(C2CC(C(=O)NC3CNN(Cc4ccccc4)C3)NO2)S1. The average Bonchev–Trinajstić information content (AvgIpc) is 3.37. The third-order valence-corrected chi connectivity index (χ3v) is 6.07. The Hall–Kier alpha value is -1.20. The number of thioether (sulfide) groups is 1. The second-order valence-electron chi connectivity index (χ2n) is 6.98. The summed E-state index contributed by atoms with van der Waals surface area (Å²) in [6, 6.07) is 10.1. The van der Waals surface area contributed by atoms with Crippen LogP contribution in [0.25, 0.3) is 0 Å². The van der Waals surface area contributed by atoms with Crippen LogP contribution in [0.2, 0.25) is 0 Å². The van der Waals surface area contributed by atoms with Crippen molar-refractivity contribution in [2.75, 3.05) is 13.1 Å². The number of amides is 1. The smallest absolute Gasteiger partial charge is 0.239 e. The Morgan fingerprint density at radius 2 is 2.19 bits per heavy atom. The van der Waals surface area contributed by atoms with Gasteiger partial charge < -0.3 is 5.32 Å². The molecular formula is C17H26N6O2S. The van der Waals surface area contributed by atoms with Crippen LogP contribution in [0, 0.1) is 0 Å². The molecule has 1 aromatic rings. The molecule has 0 radical (unpaired) electrons. The lowest BCUT2D eigenvalue weighted by atomic mass is 10.1. The summed E-state index contributed by atoms with van der Waals surface area (Å²) in [5.74, 6) is 0.00451. The van der Waals surface area contributed by atoms with Gasteiger partial charge in [0.1, 0.15) is 12.1 Å². The number of hydrogen-bond acceptors (Lipinski definition) is 8. The first-order valence-corrected chi connectivity index (χ1v) is 10.0. The summed E-state index contributed by atoms with van der Waals surface area (Å²) < 4.78 is 0. The van der Waals surface area contributed by atoms with Crippen LogP contribution in [0.1, 0.15) is 18.9 Å². The van der Waals surface area contributed by atoms with Crippen molar-refractivity contribution in [3.8, 4) is 0 Å². The third-order valence-electron chi connectivity index (χ3n) is 4.83. The number of hydroxylamine groups is 1. The number of benzene rings is 1. The first-order valence-electron chi connectivity index (χ1n) is 9.08. The number of carbonyl (C=O) groups excluding carboxylic acids is 1. The summed E-state index contributed by atoms with van der Waals surface area (Å²) in [5.41, 5.74) is 13.9. The van der Waals surface area contributed by atoms with Gasteiger partial charge in [-0.05, 0) is 12.5 Å². The maximum atomic E-state index is 12.5. The lowest BCUT2D eigenvalue weighted by Crippen LogP contribution is -2.47. The number of rotatable bonds is 5. The molecule has 0 saturated carbocycles. The first-order chi connectivity index (χ1) is 12.7. The Kier molecular flexibility index (Phi) is 5.75. The Morgan fingerprint density at radius 1 is 1.35 bits per heavy atom. The van der Waals surface area contributed by atoms with Crippen LogP contribution in [0.4, 0.5) is 0 Å². The topological polar surface area (TPSA) is 89.7 Å². The highest BCUT2D eigenvalue weighted by molar-refractivity contribution is 8.00. The van der Waals surface area contributed by atoms with Crippen molar-refractivity contribution in [1.82, 2.24) is 32.1 Å². The summed E-state index contributed by atoms with van der Waals surface area (Å²) in [4.78, 5) is 18.2. The average molecular weight is 379 g/mol. The highest BCUT2D eigenvalue weighted by Gasteiger charge is 2.39. The Morgan fingerprint density at radius 3 is 2.96 bits per heavy atom. The van der Waals surface area contributed by atoms with Gasteiger partial charge in [-0.1, -0.05) is 30.3 Å². The van der Waals surface area contributed by atoms with Crippen LogP contribution >= 0.6 is 11.8 Å². The number of nitrogens with zero attached hydrogens (tertiary/aromatic N) is 1. The second kappa shape index (κ2) is 8.22. The number of carbonyl (C=O) groups is 1. The molecule has 3 heterocycles. The van der Waals surface area contributed by atoms with Crippen LogP contribution in [0.5, 0.6) is 0 Å². The molecule has 4 rings (SSSR count). The van der Waals surface area contributed by atoms with Crippen LogP contribution in [0.3, 0.4) is 0 Å². The lowest BCUT2D eigenvalue weighted by molar-refractivity contribution is -0.124. The van der Waals surface area contributed by atoms with Crippen molar-refractivity contribution < 1.29 is 9.63 Å². The molecule has 1 aromatic carbocycles. The Bertz CT molecular complexity index is 621. The van der Waals surface area contributed by atoms with Gasteiger partial charge in [0.05, 0.1) is 16.8 Å². The molecule has 5 atom stereocenters. The van der Waals surface area contributed by atoms with Gasteiger partial charge in [0.2, 0.25) is 5.91 Å². The predicted molar refractivity (Wildman–Crippen MR) is 100 cm³/mol. The van der Waals surface area contributed by atoms with E-state index in [0.717, 1.165) is 19.6 Å². The van der Waals surface area contributed by atoms with E-state index >= 15 is 0 Å². The zero-order valence-electron chi connectivity index (χ0n) is 14.8. The van der Waals surface area contributed by atoms with E-state index < -0.39 is 0 Å². The standard InChI is InChI=1S/C17H26N6O2S/c1-11-20-21-17(26-11)15-7-14(22-25-15)16(24)19-13-8-18-23(10-13)9-12-5-3-2-4-6-12/h2-6,11,13-15,17-18,20-22H,7-10H2,1H3,(H,19,24). The molecule has 0 spiro atoms. The van der Waals surface area contributed by atoms with E-state index in [4.69, 9.17) is 4.84 Å². The summed E-state index contributed by atoms with van der Waals surface area (Å²) in [5, 5.41) is 5.78. The highest BCUT2D eigenvalue weighted by Crippen LogP contribution is 2.27. The molecule has 3 aliphatic rings. The van der Waals surface area contributed by atoms with Gasteiger partial charge in [0, 0.05) is 26.1 Å². The van der Waals surface area contributed by atoms with E-state index in [-0.39, 0.29) is 29.5 Å². The van der Waals surface area contributed by atoms with Crippen molar-refractivity contribution in [3.05, 3.63) is 35.9 Å². The van der Waals surface area contributed by atoms with Crippen molar-refractivity contribution in [3.63, 3.8) is 0 Å². The van der Waals surface area contributed by atoms with Gasteiger partial charge in [0.15, 0.2) is 0 Å². The van der Waals surface area contributed by atoms with E-state index in [1.54, 1.807) is 11.8 Å². The molecule has 5 unspecified atom stereocenters. The van der Waals surface area contributed by atoms with Gasteiger partial charge in [-0.15, -0.1) is 11.8 Å². The van der Waals surface area contributed by atoms with Crippen molar-refractivity contribution in [1.29, 1.82) is 0 Å². The van der Waals surface area contributed by atoms with Crippen LogP contribution < -0.4 is 27.1 Å². The summed E-state index contributed by atoms with van der Waals surface area (Å²) in [7, 11) is 0. The van der Waals surface area contributed by atoms with Crippen LogP contribution in [-0.2, 0) is 16.2 Å². The maximum Gasteiger partial charge on any atom is 0.239 e. The summed E-state index contributed by atoms with van der Waals surface area (Å²) >= 11 is 1.78. The minimum atomic E-state index is -0.304. The second-order valence-corrected chi connectivity index (χ2v) is 8.47. The third kappa shape index (κ3) is 4.37. The van der Waals surface area contributed by atoms with E-state index in [1.807, 2.05) is 18.2 Å². The van der Waals surface area contributed by atoms with Gasteiger partial charge in [-0.2, -0.15) is 5.48 Å². The largest absolute Gasteiger partial charge is 0.349 e. The molecule has 0 aromatic heterocycles. The molecule has 9 heteroatoms. The highest BCUT2D eigenvalue weighted by atomic mass is 32.2. The van der Waals surface area contributed by atoms with E-state index in [1.165, 1.54) is 5.56 Å². The van der Waals surface area contributed by atoms with E-state index in [2.05, 4.69) is 51.1 Å². The number of nitrogens with one attached hydrogen (secondary N) is 5. The fourth-order valence-electron chi connectivity index (χ4n) is 3.47. The van der Waals surface area contributed by atoms with Crippen LogP contribution in [0.15, 0.2) is 30.3 Å². The van der Waals surface area contributed by atoms with E-state index in [9.17, 15) is 4.79 Å². The lowest BCUT2D eigenvalue weighted by Gasteiger charge is -2.17. The molecule has 3 saturated heterocycles. The number of hydrogen-bond donors (Lipinski definition) is 5. The van der Waals surface area contributed by atoms with Crippen LogP contribution in [-0.4, -0.2) is 52.9 Å². The maximum absolute atomic E-state index is 12.5. The number of hydrazine groups is 2. The molecule has 26 heavy (non-hydrogen) atoms. The fourth-order valence-corrected chi connectivity index (χ4v) is 4.52. The zero-order chi connectivity index (χ0) is 17.9. The van der Waals surface area contributed by atoms with Crippen molar-refractivity contribution in [2.24, 2.45) is 0 Å². The molecule has 3 fully saturated rings. The van der Waals surface area contributed by atoms with Gasteiger partial charge in [-0.25, -0.2) is 15.9 Å². The molecular weight excluding hydrogens is 352 g/mol. The van der Waals surface area contributed by atoms with Gasteiger partial charge in [-0.3, -0.25) is 15.1 Å². The van der Waals surface area contributed by atoms with Gasteiger partial charge in [0.25, 0.3) is 0 Å². The molecule has 1 amide bonds. The minimum absolute atomic E-state index is 0.00451. The Labute approximate surface area is 157 Å². The summed E-state index contributed by atoms with van der Waals surface area (Å²) in [6.45, 7) is 4.46. The summed E-state index contributed by atoms with van der Waals surface area (Å²) in [6.07, 6.45) is 0.642. The van der Waals surface area contributed by atoms with Gasteiger partial charge >= 0.3 is 0 Å². The first kappa shape index (κ1) is 18.2. The molecule has 0 bridgehead atoms. The predicted octanol–water partition coefficient (Wildman–Crippen LogP) is -0.333. The monoisotopic (exact) mass is 378 g/mol. The van der Waals surface area contributed by atoms with E-state index in [0.29, 0.717) is 11.8 Å². The normalized spacial score (nSPS) is 35.0. The molecule has 0 aliphatic carbocycles. The molecule has 3 aliphatic heterocycles. The minimum Gasteiger partial charge on any atom is -0.349 e. The van der Waals surface area contributed by atoms with Crippen molar-refractivity contribution >= 4 is 17.7 Å². The van der Waals surface area contributed by atoms with Crippen molar-refractivity contribution in [2.45, 2.75) is 48.8 Å². The molecule has 142 valence electrons. The fraction of sp³-hybridized carbons (Fsp3) is 0.588. The molecule has 5 N–H and O–H groups in total. The molecule has 8 nitrogen and oxygen atoms in total. The quantitative estimate of drug-likeness (QED) is 0.476.